The Morgan fingerprint density at radius 3 is 2.85 bits per heavy atom. The van der Waals surface area contributed by atoms with Gasteiger partial charge in [0.15, 0.2) is 6.61 Å². The highest BCUT2D eigenvalue weighted by molar-refractivity contribution is 5.28. The number of nitrogens with one attached hydrogen (secondary N) is 1. The Kier molecular flexibility index (Phi) is 5.10. The number of nitrogens with zero attached hydrogens (tertiary/aromatic N) is 2. The summed E-state index contributed by atoms with van der Waals surface area (Å²) in [6.45, 7) is 3.52. The van der Waals surface area contributed by atoms with E-state index in [-0.39, 0.29) is 6.61 Å². The lowest BCUT2D eigenvalue weighted by atomic mass is 10.2. The van der Waals surface area contributed by atoms with Gasteiger partial charge in [0.2, 0.25) is 0 Å². The smallest absolute Gasteiger partial charge is 0.174 e. The van der Waals surface area contributed by atoms with Crippen LogP contribution in [0.2, 0.25) is 0 Å². The first-order valence-corrected chi connectivity index (χ1v) is 6.50. The largest absolute Gasteiger partial charge is 0.479 e. The lowest BCUT2D eigenvalue weighted by Gasteiger charge is -2.07. The number of pyridine rings is 1. The minimum Gasteiger partial charge on any atom is -0.479 e. The normalized spacial score (nSPS) is 10.0. The molecule has 0 saturated heterocycles. The number of nitriles is 1. The second-order valence-corrected chi connectivity index (χ2v) is 4.47. The molecule has 2 rings (SSSR count). The SMILES string of the molecule is Cc1cccc(CNCc2cccc(OCC#N)c2)n1. The fourth-order valence-electron chi connectivity index (χ4n) is 1.89. The van der Waals surface area contributed by atoms with Crippen LogP contribution in [-0.2, 0) is 13.1 Å². The number of hydrogen-bond donors (Lipinski definition) is 1. The van der Waals surface area contributed by atoms with Crippen LogP contribution in [0, 0.1) is 18.3 Å². The summed E-state index contributed by atoms with van der Waals surface area (Å²) < 4.78 is 5.27. The summed E-state index contributed by atoms with van der Waals surface area (Å²) >= 11 is 0. The molecule has 1 heterocycles. The summed E-state index contributed by atoms with van der Waals surface area (Å²) in [7, 11) is 0. The zero-order valence-electron chi connectivity index (χ0n) is 11.5. The summed E-state index contributed by atoms with van der Waals surface area (Å²) in [6, 6.07) is 15.7. The highest BCUT2D eigenvalue weighted by Crippen LogP contribution is 2.13. The van der Waals surface area contributed by atoms with Crippen molar-refractivity contribution >= 4 is 0 Å². The van der Waals surface area contributed by atoms with Crippen molar-refractivity contribution in [3.05, 3.63) is 59.4 Å². The van der Waals surface area contributed by atoms with Crippen LogP contribution in [-0.4, -0.2) is 11.6 Å². The first-order valence-electron chi connectivity index (χ1n) is 6.50. The van der Waals surface area contributed by atoms with Crippen molar-refractivity contribution < 1.29 is 4.74 Å². The zero-order chi connectivity index (χ0) is 14.2. The van der Waals surface area contributed by atoms with E-state index < -0.39 is 0 Å². The van der Waals surface area contributed by atoms with Crippen molar-refractivity contribution in [3.8, 4) is 11.8 Å². The summed E-state index contributed by atoms with van der Waals surface area (Å²) in [5, 5.41) is 11.8. The molecule has 1 N–H and O–H groups in total. The molecule has 0 fully saturated rings. The standard InChI is InChI=1S/C16H17N3O/c1-13-4-2-6-15(19-13)12-18-11-14-5-3-7-16(10-14)20-9-8-17/h2-7,10,18H,9,11-12H2,1H3. The van der Waals surface area contributed by atoms with Gasteiger partial charge in [-0.25, -0.2) is 0 Å². The van der Waals surface area contributed by atoms with Gasteiger partial charge in [0.25, 0.3) is 0 Å². The van der Waals surface area contributed by atoms with Crippen LogP contribution in [0.25, 0.3) is 0 Å². The number of rotatable bonds is 6. The lowest BCUT2D eigenvalue weighted by Crippen LogP contribution is -2.13. The number of ether oxygens (including phenoxy) is 1. The molecule has 1 aromatic carbocycles. The van der Waals surface area contributed by atoms with Crippen LogP contribution in [0.3, 0.4) is 0 Å². The molecule has 0 atom stereocenters. The van der Waals surface area contributed by atoms with Gasteiger partial charge in [-0.15, -0.1) is 0 Å². The molecule has 4 heteroatoms. The quantitative estimate of drug-likeness (QED) is 0.874. The predicted molar refractivity (Wildman–Crippen MR) is 77.1 cm³/mol. The van der Waals surface area contributed by atoms with E-state index in [0.717, 1.165) is 35.8 Å². The number of benzene rings is 1. The van der Waals surface area contributed by atoms with Crippen LogP contribution in [0.4, 0.5) is 0 Å². The third-order valence-electron chi connectivity index (χ3n) is 2.78. The average molecular weight is 267 g/mol. The van der Waals surface area contributed by atoms with E-state index in [4.69, 9.17) is 10.00 Å². The maximum atomic E-state index is 8.49. The molecule has 4 nitrogen and oxygen atoms in total. The molecule has 2 aromatic rings. The van der Waals surface area contributed by atoms with E-state index in [1.54, 1.807) is 0 Å². The van der Waals surface area contributed by atoms with Crippen molar-refractivity contribution in [1.82, 2.24) is 10.3 Å². The van der Waals surface area contributed by atoms with Crippen LogP contribution >= 0.6 is 0 Å². The fraction of sp³-hybridized carbons (Fsp3) is 0.250. The molecule has 0 bridgehead atoms. The van der Waals surface area contributed by atoms with E-state index in [1.165, 1.54) is 0 Å². The van der Waals surface area contributed by atoms with E-state index >= 15 is 0 Å². The highest BCUT2D eigenvalue weighted by Gasteiger charge is 1.98. The minimum absolute atomic E-state index is 0.0735. The molecule has 0 radical (unpaired) electrons. The topological polar surface area (TPSA) is 57.9 Å². The first kappa shape index (κ1) is 14.0. The Hall–Kier alpha value is -2.38. The van der Waals surface area contributed by atoms with Gasteiger partial charge in [-0.1, -0.05) is 18.2 Å². The minimum atomic E-state index is 0.0735. The Morgan fingerprint density at radius 2 is 2.05 bits per heavy atom. The Balaban J connectivity index is 1.86. The van der Waals surface area contributed by atoms with E-state index in [2.05, 4.69) is 10.3 Å². The second kappa shape index (κ2) is 7.27. The van der Waals surface area contributed by atoms with Gasteiger partial charge in [0.05, 0.1) is 5.69 Å². The predicted octanol–water partition coefficient (Wildman–Crippen LogP) is 2.58. The van der Waals surface area contributed by atoms with Gasteiger partial charge < -0.3 is 10.1 Å². The Labute approximate surface area is 119 Å². The maximum Gasteiger partial charge on any atom is 0.174 e. The van der Waals surface area contributed by atoms with Crippen molar-refractivity contribution in [2.45, 2.75) is 20.0 Å². The van der Waals surface area contributed by atoms with Gasteiger partial charge in [-0.05, 0) is 36.8 Å². The van der Waals surface area contributed by atoms with Gasteiger partial charge in [0.1, 0.15) is 11.8 Å². The molecule has 0 amide bonds. The van der Waals surface area contributed by atoms with Crippen molar-refractivity contribution in [2.75, 3.05) is 6.61 Å². The first-order chi connectivity index (χ1) is 9.78. The molecular weight excluding hydrogens is 250 g/mol. The fourth-order valence-corrected chi connectivity index (χ4v) is 1.89. The van der Waals surface area contributed by atoms with Gasteiger partial charge >= 0.3 is 0 Å². The number of hydrogen-bond acceptors (Lipinski definition) is 4. The van der Waals surface area contributed by atoms with Crippen molar-refractivity contribution in [1.29, 1.82) is 5.26 Å². The van der Waals surface area contributed by atoms with Crippen LogP contribution in [0.5, 0.6) is 5.75 Å². The summed E-state index contributed by atoms with van der Waals surface area (Å²) in [4.78, 5) is 4.44. The molecule has 0 aliphatic heterocycles. The molecule has 0 aliphatic carbocycles. The third kappa shape index (κ3) is 4.38. The van der Waals surface area contributed by atoms with Crippen LogP contribution in [0.15, 0.2) is 42.5 Å². The van der Waals surface area contributed by atoms with Crippen LogP contribution < -0.4 is 10.1 Å². The molecule has 20 heavy (non-hydrogen) atoms. The van der Waals surface area contributed by atoms with E-state index in [1.807, 2.05) is 55.5 Å². The Morgan fingerprint density at radius 1 is 1.20 bits per heavy atom. The second-order valence-electron chi connectivity index (χ2n) is 4.47. The monoisotopic (exact) mass is 267 g/mol. The third-order valence-corrected chi connectivity index (χ3v) is 2.78. The molecule has 0 aliphatic rings. The molecule has 1 aromatic heterocycles. The lowest BCUT2D eigenvalue weighted by molar-refractivity contribution is 0.367. The summed E-state index contributed by atoms with van der Waals surface area (Å²) in [6.07, 6.45) is 0. The van der Waals surface area contributed by atoms with Gasteiger partial charge in [-0.2, -0.15) is 5.26 Å². The molecule has 0 unspecified atom stereocenters. The van der Waals surface area contributed by atoms with E-state index in [9.17, 15) is 0 Å². The van der Waals surface area contributed by atoms with Crippen molar-refractivity contribution in [2.24, 2.45) is 0 Å². The average Bonchev–Trinajstić information content (AvgIpc) is 2.46. The van der Waals surface area contributed by atoms with Crippen LogP contribution in [0.1, 0.15) is 17.0 Å². The summed E-state index contributed by atoms with van der Waals surface area (Å²) in [5.41, 5.74) is 3.17. The van der Waals surface area contributed by atoms with Gasteiger partial charge in [-0.3, -0.25) is 4.98 Å². The molecule has 102 valence electrons. The highest BCUT2D eigenvalue weighted by atomic mass is 16.5. The zero-order valence-corrected chi connectivity index (χ0v) is 11.5. The molecule has 0 spiro atoms. The summed E-state index contributed by atoms with van der Waals surface area (Å²) in [5.74, 6) is 0.722. The van der Waals surface area contributed by atoms with Gasteiger partial charge in [0, 0.05) is 18.8 Å². The molecular formula is C16H17N3O. The number of aryl methyl sites for hydroxylation is 1. The molecule has 0 saturated carbocycles. The van der Waals surface area contributed by atoms with E-state index in [0.29, 0.717) is 0 Å². The number of aromatic nitrogens is 1. The maximum absolute atomic E-state index is 8.49. The Bertz CT molecular complexity index is 605. The van der Waals surface area contributed by atoms with Crippen molar-refractivity contribution in [3.63, 3.8) is 0 Å².